The lowest BCUT2D eigenvalue weighted by Crippen LogP contribution is -2.26. The summed E-state index contributed by atoms with van der Waals surface area (Å²) >= 11 is 0. The monoisotopic (exact) mass is 371 g/mol. The summed E-state index contributed by atoms with van der Waals surface area (Å²) in [7, 11) is 4.33. The predicted molar refractivity (Wildman–Crippen MR) is 117 cm³/mol. The molecule has 144 valence electrons. The van der Waals surface area contributed by atoms with Gasteiger partial charge in [0.05, 0.1) is 0 Å². The highest BCUT2D eigenvalue weighted by molar-refractivity contribution is 5.63. The molecular weight excluding hydrogens is 342 g/mol. The Bertz CT molecular complexity index is 899. The molecule has 2 nitrogen and oxygen atoms in total. The van der Waals surface area contributed by atoms with E-state index in [2.05, 4.69) is 85.7 Å². The van der Waals surface area contributed by atoms with Gasteiger partial charge in [-0.25, -0.2) is 0 Å². The molecule has 1 unspecified atom stereocenters. The van der Waals surface area contributed by atoms with E-state index >= 15 is 0 Å². The van der Waals surface area contributed by atoms with Crippen LogP contribution in [-0.4, -0.2) is 25.5 Å². The SMILES string of the molecule is CN(C)CC1CCc2ccc(OCc3ccc(-c4ccccc4)cc3)cc2C1. The van der Waals surface area contributed by atoms with E-state index in [-0.39, 0.29) is 0 Å². The molecule has 0 radical (unpaired) electrons. The van der Waals surface area contributed by atoms with Crippen LogP contribution in [0, 0.1) is 5.92 Å². The number of ether oxygens (including phenoxy) is 1. The first-order chi connectivity index (χ1) is 13.7. The number of hydrogen-bond donors (Lipinski definition) is 0. The Balaban J connectivity index is 1.39. The summed E-state index contributed by atoms with van der Waals surface area (Å²) < 4.78 is 6.11. The standard InChI is InChI=1S/C26H29NO/c1-27(2)18-21-10-13-24-14-15-26(17-25(24)16-21)28-19-20-8-11-23(12-9-20)22-6-4-3-5-7-22/h3-9,11-12,14-15,17,21H,10,13,16,18-19H2,1-2H3. The van der Waals surface area contributed by atoms with E-state index in [1.54, 1.807) is 0 Å². The molecule has 3 aromatic carbocycles. The van der Waals surface area contributed by atoms with Gasteiger partial charge >= 0.3 is 0 Å². The molecule has 0 aliphatic heterocycles. The lowest BCUT2D eigenvalue weighted by atomic mass is 9.83. The van der Waals surface area contributed by atoms with Crippen LogP contribution in [0.15, 0.2) is 72.8 Å². The Morgan fingerprint density at radius 1 is 0.857 bits per heavy atom. The van der Waals surface area contributed by atoms with Crippen LogP contribution in [-0.2, 0) is 19.4 Å². The highest BCUT2D eigenvalue weighted by Gasteiger charge is 2.19. The van der Waals surface area contributed by atoms with Crippen LogP contribution in [0.1, 0.15) is 23.1 Å². The summed E-state index contributed by atoms with van der Waals surface area (Å²) in [6.07, 6.45) is 3.64. The minimum absolute atomic E-state index is 0.606. The molecule has 0 saturated carbocycles. The summed E-state index contributed by atoms with van der Waals surface area (Å²) in [5.41, 5.74) is 6.65. The maximum absolute atomic E-state index is 6.11. The van der Waals surface area contributed by atoms with Gasteiger partial charge in [0.2, 0.25) is 0 Å². The van der Waals surface area contributed by atoms with E-state index in [1.165, 1.54) is 40.7 Å². The van der Waals surface area contributed by atoms with Crippen molar-refractivity contribution >= 4 is 0 Å². The molecule has 2 heteroatoms. The first-order valence-electron chi connectivity index (χ1n) is 10.2. The van der Waals surface area contributed by atoms with Crippen LogP contribution in [0.4, 0.5) is 0 Å². The van der Waals surface area contributed by atoms with Gasteiger partial charge in [-0.15, -0.1) is 0 Å². The molecule has 0 heterocycles. The van der Waals surface area contributed by atoms with Crippen molar-refractivity contribution < 1.29 is 4.74 Å². The third-order valence-electron chi connectivity index (χ3n) is 5.60. The fourth-order valence-electron chi connectivity index (χ4n) is 4.16. The van der Waals surface area contributed by atoms with Crippen LogP contribution in [0.3, 0.4) is 0 Å². The van der Waals surface area contributed by atoms with Crippen molar-refractivity contribution in [1.82, 2.24) is 4.90 Å². The van der Waals surface area contributed by atoms with Gasteiger partial charge in [-0.2, -0.15) is 0 Å². The molecule has 28 heavy (non-hydrogen) atoms. The molecule has 1 atom stereocenters. The Morgan fingerprint density at radius 3 is 2.36 bits per heavy atom. The van der Waals surface area contributed by atoms with Crippen LogP contribution in [0.2, 0.25) is 0 Å². The van der Waals surface area contributed by atoms with Gasteiger partial charge in [0, 0.05) is 6.54 Å². The van der Waals surface area contributed by atoms with Crippen molar-refractivity contribution in [3.63, 3.8) is 0 Å². The van der Waals surface area contributed by atoms with Crippen molar-refractivity contribution in [3.8, 4) is 16.9 Å². The van der Waals surface area contributed by atoms with Gasteiger partial charge in [-0.05, 0) is 79.2 Å². The average molecular weight is 372 g/mol. The van der Waals surface area contributed by atoms with E-state index in [0.717, 1.165) is 24.6 Å². The Labute approximate surface area is 168 Å². The molecular formula is C26H29NO. The third-order valence-corrected chi connectivity index (χ3v) is 5.60. The van der Waals surface area contributed by atoms with Crippen molar-refractivity contribution in [2.45, 2.75) is 25.9 Å². The van der Waals surface area contributed by atoms with Gasteiger partial charge in [0.25, 0.3) is 0 Å². The molecule has 0 amide bonds. The fraction of sp³-hybridized carbons (Fsp3) is 0.308. The minimum atomic E-state index is 0.606. The first kappa shape index (κ1) is 18.8. The molecule has 0 N–H and O–H groups in total. The predicted octanol–water partition coefficient (Wildman–Crippen LogP) is 5.60. The maximum atomic E-state index is 6.11. The zero-order valence-electron chi connectivity index (χ0n) is 16.9. The number of benzene rings is 3. The van der Waals surface area contributed by atoms with Gasteiger partial charge in [-0.1, -0.05) is 60.7 Å². The normalized spacial score (nSPS) is 16.0. The van der Waals surface area contributed by atoms with Crippen molar-refractivity contribution in [3.05, 3.63) is 89.5 Å². The topological polar surface area (TPSA) is 12.5 Å². The Kier molecular flexibility index (Phi) is 5.78. The highest BCUT2D eigenvalue weighted by atomic mass is 16.5. The Hall–Kier alpha value is -2.58. The lowest BCUT2D eigenvalue weighted by molar-refractivity contribution is 0.296. The second kappa shape index (κ2) is 8.62. The molecule has 0 saturated heterocycles. The summed E-state index contributed by atoms with van der Waals surface area (Å²) in [4.78, 5) is 2.30. The molecule has 0 fully saturated rings. The second-order valence-corrected chi connectivity index (χ2v) is 8.15. The summed E-state index contributed by atoms with van der Waals surface area (Å²) in [6.45, 7) is 1.77. The van der Waals surface area contributed by atoms with Crippen molar-refractivity contribution in [2.24, 2.45) is 5.92 Å². The van der Waals surface area contributed by atoms with E-state index < -0.39 is 0 Å². The first-order valence-corrected chi connectivity index (χ1v) is 10.2. The van der Waals surface area contributed by atoms with E-state index in [4.69, 9.17) is 4.74 Å². The van der Waals surface area contributed by atoms with E-state index in [1.807, 2.05) is 6.07 Å². The van der Waals surface area contributed by atoms with Crippen LogP contribution >= 0.6 is 0 Å². The summed E-state index contributed by atoms with van der Waals surface area (Å²) in [5, 5.41) is 0. The quantitative estimate of drug-likeness (QED) is 0.559. The largest absolute Gasteiger partial charge is 0.489 e. The molecule has 0 spiro atoms. The van der Waals surface area contributed by atoms with Crippen LogP contribution < -0.4 is 4.74 Å². The Morgan fingerprint density at radius 2 is 1.61 bits per heavy atom. The van der Waals surface area contributed by atoms with E-state index in [0.29, 0.717) is 6.61 Å². The highest BCUT2D eigenvalue weighted by Crippen LogP contribution is 2.29. The smallest absolute Gasteiger partial charge is 0.120 e. The number of hydrogen-bond acceptors (Lipinski definition) is 2. The second-order valence-electron chi connectivity index (χ2n) is 8.15. The molecule has 1 aliphatic carbocycles. The number of nitrogens with zero attached hydrogens (tertiary/aromatic N) is 1. The van der Waals surface area contributed by atoms with Crippen molar-refractivity contribution in [1.29, 1.82) is 0 Å². The fourth-order valence-corrected chi connectivity index (χ4v) is 4.16. The van der Waals surface area contributed by atoms with Gasteiger partial charge in [-0.3, -0.25) is 0 Å². The van der Waals surface area contributed by atoms with E-state index in [9.17, 15) is 0 Å². The summed E-state index contributed by atoms with van der Waals surface area (Å²) in [6, 6.07) is 25.8. The van der Waals surface area contributed by atoms with Gasteiger partial charge in [0.1, 0.15) is 12.4 Å². The molecule has 3 aromatic rings. The zero-order chi connectivity index (χ0) is 19.3. The number of fused-ring (bicyclic) bond motifs is 1. The molecule has 0 bridgehead atoms. The molecule has 4 rings (SSSR count). The molecule has 1 aliphatic rings. The van der Waals surface area contributed by atoms with Gasteiger partial charge < -0.3 is 9.64 Å². The van der Waals surface area contributed by atoms with Crippen LogP contribution in [0.5, 0.6) is 5.75 Å². The average Bonchev–Trinajstić information content (AvgIpc) is 2.72. The molecule has 0 aromatic heterocycles. The summed E-state index contributed by atoms with van der Waals surface area (Å²) in [5.74, 6) is 1.74. The lowest BCUT2D eigenvalue weighted by Gasteiger charge is -2.27. The van der Waals surface area contributed by atoms with Crippen LogP contribution in [0.25, 0.3) is 11.1 Å². The van der Waals surface area contributed by atoms with Crippen molar-refractivity contribution in [2.75, 3.05) is 20.6 Å². The van der Waals surface area contributed by atoms with Gasteiger partial charge in [0.15, 0.2) is 0 Å². The maximum Gasteiger partial charge on any atom is 0.120 e. The third kappa shape index (κ3) is 4.63. The minimum Gasteiger partial charge on any atom is -0.489 e. The zero-order valence-corrected chi connectivity index (χ0v) is 16.9. The number of rotatable bonds is 6. The number of aryl methyl sites for hydroxylation is 1.